The van der Waals surface area contributed by atoms with E-state index in [1.165, 1.54) is 11.1 Å². The largest absolute Gasteiger partial charge is 0.417 e. The number of hydrogen-bond acceptors (Lipinski definition) is 4. The van der Waals surface area contributed by atoms with Crippen LogP contribution in [0.25, 0.3) is 11.1 Å². The number of carbonyl (C=O) groups excluding carboxylic acids is 1. The van der Waals surface area contributed by atoms with Gasteiger partial charge >= 0.3 is 5.76 Å². The molecule has 0 amide bonds. The molecule has 0 aliphatic carbocycles. The van der Waals surface area contributed by atoms with Gasteiger partial charge in [-0.1, -0.05) is 60.7 Å². The monoisotopic (exact) mass is 412 g/mol. The highest BCUT2D eigenvalue weighted by atomic mass is 16.4. The second-order valence-corrected chi connectivity index (χ2v) is 8.24. The van der Waals surface area contributed by atoms with E-state index in [4.69, 9.17) is 4.42 Å². The number of carbonyl (C=O) groups is 1. The summed E-state index contributed by atoms with van der Waals surface area (Å²) in [7, 11) is 0. The molecule has 1 N–H and O–H groups in total. The summed E-state index contributed by atoms with van der Waals surface area (Å²) in [6.45, 7) is 2.05. The van der Waals surface area contributed by atoms with Crippen LogP contribution in [0.5, 0.6) is 0 Å². The zero-order valence-corrected chi connectivity index (χ0v) is 17.2. The number of ketones is 1. The number of nitrogens with zero attached hydrogens (tertiary/aromatic N) is 1. The number of aromatic nitrogens is 1. The Morgan fingerprint density at radius 1 is 0.903 bits per heavy atom. The van der Waals surface area contributed by atoms with E-state index in [0.29, 0.717) is 23.2 Å². The average molecular weight is 412 g/mol. The van der Waals surface area contributed by atoms with Crippen molar-refractivity contribution in [3.05, 3.63) is 106 Å². The first-order valence-electron chi connectivity index (χ1n) is 10.6. The lowest BCUT2D eigenvalue weighted by Gasteiger charge is -2.42. The maximum absolute atomic E-state index is 12.9. The zero-order chi connectivity index (χ0) is 21.3. The fraction of sp³-hybridized carbons (Fsp3) is 0.231. The van der Waals surface area contributed by atoms with Crippen molar-refractivity contribution in [1.82, 2.24) is 9.88 Å². The molecule has 0 spiro atoms. The number of nitrogens with one attached hydrogen (secondary N) is 1. The maximum Gasteiger partial charge on any atom is 0.417 e. The van der Waals surface area contributed by atoms with E-state index in [1.807, 2.05) is 0 Å². The quantitative estimate of drug-likeness (QED) is 0.494. The zero-order valence-electron chi connectivity index (χ0n) is 17.2. The summed E-state index contributed by atoms with van der Waals surface area (Å²) in [6, 6.07) is 26.5. The highest BCUT2D eigenvalue weighted by Gasteiger charge is 2.38. The van der Waals surface area contributed by atoms with E-state index >= 15 is 0 Å². The summed E-state index contributed by atoms with van der Waals surface area (Å²) in [5.74, 6) is -0.466. The minimum absolute atomic E-state index is 0.0322. The number of H-pyrrole nitrogens is 1. The number of rotatable bonds is 5. The Hall–Kier alpha value is -3.44. The molecule has 4 aromatic rings. The van der Waals surface area contributed by atoms with Gasteiger partial charge in [-0.2, -0.15) is 0 Å². The molecule has 5 heteroatoms. The molecule has 0 atom stereocenters. The summed E-state index contributed by atoms with van der Waals surface area (Å²) in [4.78, 5) is 29.1. The number of benzene rings is 3. The molecule has 2 heterocycles. The summed E-state index contributed by atoms with van der Waals surface area (Å²) in [5, 5.41) is 0. The van der Waals surface area contributed by atoms with Crippen molar-refractivity contribution in [2.45, 2.75) is 18.3 Å². The Balaban J connectivity index is 1.34. The second kappa shape index (κ2) is 8.00. The van der Waals surface area contributed by atoms with Crippen molar-refractivity contribution in [2.24, 2.45) is 0 Å². The molecule has 5 nitrogen and oxygen atoms in total. The van der Waals surface area contributed by atoms with E-state index in [1.54, 1.807) is 18.2 Å². The normalized spacial score (nSPS) is 16.4. The first-order valence-corrected chi connectivity index (χ1v) is 10.6. The number of oxazole rings is 1. The van der Waals surface area contributed by atoms with Crippen molar-refractivity contribution < 1.29 is 9.21 Å². The molecule has 0 unspecified atom stereocenters. The van der Waals surface area contributed by atoms with Crippen LogP contribution in [0.2, 0.25) is 0 Å². The van der Waals surface area contributed by atoms with Crippen LogP contribution in [0.15, 0.2) is 88.1 Å². The highest BCUT2D eigenvalue weighted by molar-refractivity contribution is 5.99. The first-order chi connectivity index (χ1) is 15.1. The molecule has 0 radical (unpaired) electrons. The van der Waals surface area contributed by atoms with E-state index in [-0.39, 0.29) is 11.2 Å². The number of likely N-dealkylation sites (tertiary alicyclic amines) is 1. The standard InChI is InChI=1S/C26H24N2O3/c29-23(19-11-12-22-24(17-19)31-25(30)27-22)18-28-15-13-26(14-16-28,20-7-3-1-4-8-20)21-9-5-2-6-10-21/h1-12,17H,13-16,18H2,(H,27,30). The van der Waals surface area contributed by atoms with Gasteiger partial charge in [0.05, 0.1) is 12.1 Å². The Kier molecular flexibility index (Phi) is 5.04. The van der Waals surface area contributed by atoms with Crippen LogP contribution in [0, 0.1) is 0 Å². The molecule has 1 aliphatic rings. The number of hydrogen-bond donors (Lipinski definition) is 1. The average Bonchev–Trinajstić information content (AvgIpc) is 3.20. The van der Waals surface area contributed by atoms with Crippen molar-refractivity contribution in [3.63, 3.8) is 0 Å². The summed E-state index contributed by atoms with van der Waals surface area (Å²) >= 11 is 0. The van der Waals surface area contributed by atoms with E-state index in [2.05, 4.69) is 70.5 Å². The summed E-state index contributed by atoms with van der Waals surface area (Å²) in [6.07, 6.45) is 1.92. The van der Waals surface area contributed by atoms with Crippen LogP contribution in [0.3, 0.4) is 0 Å². The maximum atomic E-state index is 12.9. The van der Waals surface area contributed by atoms with Crippen LogP contribution in [0.4, 0.5) is 0 Å². The number of aromatic amines is 1. The smallest absolute Gasteiger partial charge is 0.408 e. The fourth-order valence-electron chi connectivity index (χ4n) is 4.76. The number of fused-ring (bicyclic) bond motifs is 1. The van der Waals surface area contributed by atoms with Gasteiger partial charge in [0.1, 0.15) is 0 Å². The Labute approximate surface area is 180 Å². The Morgan fingerprint density at radius 3 is 2.13 bits per heavy atom. The number of Topliss-reactive ketones (excluding diaryl/α,β-unsaturated/α-hetero) is 1. The molecule has 1 aromatic heterocycles. The van der Waals surface area contributed by atoms with Gasteiger partial charge in [-0.15, -0.1) is 0 Å². The minimum Gasteiger partial charge on any atom is -0.408 e. The van der Waals surface area contributed by atoms with Crippen molar-refractivity contribution >= 4 is 16.9 Å². The van der Waals surface area contributed by atoms with Crippen molar-refractivity contribution in [1.29, 1.82) is 0 Å². The molecule has 156 valence electrons. The predicted molar refractivity (Wildman–Crippen MR) is 121 cm³/mol. The van der Waals surface area contributed by atoms with Crippen LogP contribution in [-0.4, -0.2) is 35.3 Å². The van der Waals surface area contributed by atoms with Gasteiger partial charge in [-0.05, 0) is 55.3 Å². The van der Waals surface area contributed by atoms with Crippen LogP contribution in [0.1, 0.15) is 34.3 Å². The lowest BCUT2D eigenvalue weighted by atomic mass is 9.68. The first kappa shape index (κ1) is 19.5. The van der Waals surface area contributed by atoms with E-state index < -0.39 is 5.76 Å². The molecule has 0 bridgehead atoms. The number of piperidine rings is 1. The lowest BCUT2D eigenvalue weighted by molar-refractivity contribution is 0.0892. The van der Waals surface area contributed by atoms with Crippen molar-refractivity contribution in [3.8, 4) is 0 Å². The van der Waals surface area contributed by atoms with Gasteiger partial charge in [-0.25, -0.2) is 4.79 Å². The van der Waals surface area contributed by atoms with Gasteiger partial charge in [0, 0.05) is 11.0 Å². The fourth-order valence-corrected chi connectivity index (χ4v) is 4.76. The van der Waals surface area contributed by atoms with Crippen LogP contribution >= 0.6 is 0 Å². The van der Waals surface area contributed by atoms with Crippen LogP contribution < -0.4 is 5.76 Å². The second-order valence-electron chi connectivity index (χ2n) is 8.24. The highest BCUT2D eigenvalue weighted by Crippen LogP contribution is 2.41. The summed E-state index contributed by atoms with van der Waals surface area (Å²) < 4.78 is 5.10. The van der Waals surface area contributed by atoms with Crippen molar-refractivity contribution in [2.75, 3.05) is 19.6 Å². The molecular formula is C26H24N2O3. The molecule has 1 fully saturated rings. The van der Waals surface area contributed by atoms with Gasteiger partial charge in [0.2, 0.25) is 0 Å². The third-order valence-electron chi connectivity index (χ3n) is 6.47. The molecule has 0 saturated carbocycles. The summed E-state index contributed by atoms with van der Waals surface area (Å²) in [5.41, 5.74) is 4.23. The van der Waals surface area contributed by atoms with Gasteiger partial charge < -0.3 is 4.42 Å². The minimum atomic E-state index is -0.506. The Bertz CT molecular complexity index is 1210. The Morgan fingerprint density at radius 2 is 1.52 bits per heavy atom. The molecule has 1 aliphatic heterocycles. The molecule has 1 saturated heterocycles. The molecule has 3 aromatic carbocycles. The molecular weight excluding hydrogens is 388 g/mol. The third-order valence-corrected chi connectivity index (χ3v) is 6.47. The lowest BCUT2D eigenvalue weighted by Crippen LogP contribution is -2.45. The topological polar surface area (TPSA) is 66.3 Å². The van der Waals surface area contributed by atoms with E-state index in [9.17, 15) is 9.59 Å². The SMILES string of the molecule is O=C(CN1CCC(c2ccccc2)(c2ccccc2)CC1)c1ccc2[nH]c(=O)oc2c1. The molecule has 31 heavy (non-hydrogen) atoms. The van der Waals surface area contributed by atoms with Crippen LogP contribution in [-0.2, 0) is 5.41 Å². The molecule has 5 rings (SSSR count). The third kappa shape index (κ3) is 3.73. The van der Waals surface area contributed by atoms with Gasteiger partial charge in [0.25, 0.3) is 0 Å². The van der Waals surface area contributed by atoms with E-state index in [0.717, 1.165) is 25.9 Å². The van der Waals surface area contributed by atoms with Gasteiger partial charge in [0.15, 0.2) is 11.4 Å². The van der Waals surface area contributed by atoms with Gasteiger partial charge in [-0.3, -0.25) is 14.7 Å². The predicted octanol–water partition coefficient (Wildman–Crippen LogP) is 4.39.